The van der Waals surface area contributed by atoms with Gasteiger partial charge < -0.3 is 5.32 Å². The van der Waals surface area contributed by atoms with Crippen molar-refractivity contribution < 1.29 is 0 Å². The van der Waals surface area contributed by atoms with E-state index in [1.54, 1.807) is 11.3 Å². The Morgan fingerprint density at radius 3 is 3.06 bits per heavy atom. The van der Waals surface area contributed by atoms with Crippen molar-refractivity contribution in [1.29, 1.82) is 0 Å². The van der Waals surface area contributed by atoms with Crippen LogP contribution in [0, 0.1) is 0 Å². The maximum Gasteiger partial charge on any atom is 0.193 e. The number of nitrogens with one attached hydrogen (secondary N) is 1. The molecule has 1 aliphatic carbocycles. The van der Waals surface area contributed by atoms with Crippen LogP contribution in [-0.2, 0) is 6.54 Å². The molecule has 3 nitrogen and oxygen atoms in total. The standard InChI is InChI=1S/C13H19N3S2/c1-17-13(4-2-3-5-13)10-14-8-11-9-16-6-7-18-12(16)15-11/h6-7,9,14H,2-5,8,10H2,1H3. The van der Waals surface area contributed by atoms with Crippen molar-refractivity contribution >= 4 is 28.1 Å². The third-order valence-corrected chi connectivity index (χ3v) is 6.03. The number of imidazole rings is 1. The first-order valence-corrected chi connectivity index (χ1v) is 8.59. The smallest absolute Gasteiger partial charge is 0.193 e. The van der Waals surface area contributed by atoms with E-state index in [1.165, 1.54) is 25.7 Å². The van der Waals surface area contributed by atoms with Gasteiger partial charge in [0.05, 0.1) is 5.69 Å². The second-order valence-electron chi connectivity index (χ2n) is 5.02. The molecule has 0 amide bonds. The Labute approximate surface area is 116 Å². The average Bonchev–Trinajstić information content (AvgIpc) is 3.04. The lowest BCUT2D eigenvalue weighted by molar-refractivity contribution is 0.531. The Morgan fingerprint density at radius 2 is 2.33 bits per heavy atom. The highest BCUT2D eigenvalue weighted by Gasteiger charge is 2.32. The predicted molar refractivity (Wildman–Crippen MR) is 79.5 cm³/mol. The third kappa shape index (κ3) is 2.44. The summed E-state index contributed by atoms with van der Waals surface area (Å²) in [7, 11) is 0. The Kier molecular flexibility index (Phi) is 3.63. The van der Waals surface area contributed by atoms with E-state index < -0.39 is 0 Å². The maximum atomic E-state index is 4.60. The van der Waals surface area contributed by atoms with Gasteiger partial charge in [0.1, 0.15) is 0 Å². The highest BCUT2D eigenvalue weighted by atomic mass is 32.2. The van der Waals surface area contributed by atoms with Crippen molar-refractivity contribution in [2.45, 2.75) is 37.0 Å². The van der Waals surface area contributed by atoms with Crippen molar-refractivity contribution in [2.24, 2.45) is 0 Å². The first kappa shape index (κ1) is 12.5. The fourth-order valence-corrected chi connectivity index (χ4v) is 4.41. The lowest BCUT2D eigenvalue weighted by atomic mass is 10.1. The Morgan fingerprint density at radius 1 is 1.50 bits per heavy atom. The molecule has 0 atom stereocenters. The molecule has 0 spiro atoms. The van der Waals surface area contributed by atoms with Crippen LogP contribution >= 0.6 is 23.1 Å². The summed E-state index contributed by atoms with van der Waals surface area (Å²) in [6.07, 6.45) is 11.9. The summed E-state index contributed by atoms with van der Waals surface area (Å²) in [5.41, 5.74) is 1.15. The summed E-state index contributed by atoms with van der Waals surface area (Å²) in [5, 5.41) is 5.66. The van der Waals surface area contributed by atoms with Gasteiger partial charge in [0.15, 0.2) is 4.96 Å². The van der Waals surface area contributed by atoms with E-state index in [4.69, 9.17) is 0 Å². The fraction of sp³-hybridized carbons (Fsp3) is 0.615. The highest BCUT2D eigenvalue weighted by Crippen LogP contribution is 2.39. The van der Waals surface area contributed by atoms with Crippen LogP contribution in [0.1, 0.15) is 31.4 Å². The lowest BCUT2D eigenvalue weighted by Gasteiger charge is -2.26. The van der Waals surface area contributed by atoms with Crippen molar-refractivity contribution in [3.8, 4) is 0 Å². The molecular formula is C13H19N3S2. The van der Waals surface area contributed by atoms with Crippen molar-refractivity contribution in [2.75, 3.05) is 12.8 Å². The topological polar surface area (TPSA) is 29.3 Å². The van der Waals surface area contributed by atoms with E-state index in [2.05, 4.69) is 38.7 Å². The molecule has 0 aromatic carbocycles. The van der Waals surface area contributed by atoms with Gasteiger partial charge in [-0.2, -0.15) is 11.8 Å². The number of rotatable bonds is 5. The van der Waals surface area contributed by atoms with Gasteiger partial charge in [-0.3, -0.25) is 4.40 Å². The number of hydrogen-bond acceptors (Lipinski definition) is 4. The van der Waals surface area contributed by atoms with E-state index in [0.29, 0.717) is 4.75 Å². The molecule has 0 aliphatic heterocycles. The van der Waals surface area contributed by atoms with Crippen LogP contribution in [0.3, 0.4) is 0 Å². The van der Waals surface area contributed by atoms with Crippen LogP contribution in [0.5, 0.6) is 0 Å². The van der Waals surface area contributed by atoms with Crippen LogP contribution in [0.15, 0.2) is 17.8 Å². The van der Waals surface area contributed by atoms with Crippen molar-refractivity contribution in [3.63, 3.8) is 0 Å². The second-order valence-corrected chi connectivity index (χ2v) is 7.17. The normalized spacial score (nSPS) is 18.7. The van der Waals surface area contributed by atoms with E-state index in [9.17, 15) is 0 Å². The molecule has 1 aliphatic rings. The van der Waals surface area contributed by atoms with Gasteiger partial charge in [0.2, 0.25) is 0 Å². The largest absolute Gasteiger partial charge is 0.310 e. The molecule has 3 rings (SSSR count). The van der Waals surface area contributed by atoms with E-state index >= 15 is 0 Å². The molecule has 0 radical (unpaired) electrons. The minimum absolute atomic E-state index is 0.483. The van der Waals surface area contributed by atoms with Crippen LogP contribution in [-0.4, -0.2) is 26.9 Å². The summed E-state index contributed by atoms with van der Waals surface area (Å²) in [5.74, 6) is 0. The van der Waals surface area contributed by atoms with Crippen LogP contribution in [0.2, 0.25) is 0 Å². The minimum Gasteiger partial charge on any atom is -0.310 e. The van der Waals surface area contributed by atoms with Gasteiger partial charge in [0, 0.05) is 35.6 Å². The van der Waals surface area contributed by atoms with Gasteiger partial charge >= 0.3 is 0 Å². The first-order valence-electron chi connectivity index (χ1n) is 6.48. The lowest BCUT2D eigenvalue weighted by Crippen LogP contribution is -2.34. The Bertz CT molecular complexity index is 483. The summed E-state index contributed by atoms with van der Waals surface area (Å²) >= 11 is 3.73. The minimum atomic E-state index is 0.483. The molecule has 0 unspecified atom stereocenters. The average molecular weight is 281 g/mol. The van der Waals surface area contributed by atoms with E-state index in [-0.39, 0.29) is 0 Å². The Hall–Kier alpha value is -0.520. The summed E-state index contributed by atoms with van der Waals surface area (Å²) in [6, 6.07) is 0. The molecule has 2 aromatic rings. The molecule has 1 fully saturated rings. The molecule has 98 valence electrons. The number of hydrogen-bond donors (Lipinski definition) is 1. The summed E-state index contributed by atoms with van der Waals surface area (Å²) in [6.45, 7) is 2.00. The van der Waals surface area contributed by atoms with Gasteiger partial charge in [-0.1, -0.05) is 12.8 Å². The molecule has 2 aromatic heterocycles. The second kappa shape index (κ2) is 5.23. The number of fused-ring (bicyclic) bond motifs is 1. The summed E-state index contributed by atoms with van der Waals surface area (Å²) in [4.78, 5) is 5.69. The van der Waals surface area contributed by atoms with Crippen molar-refractivity contribution in [3.05, 3.63) is 23.5 Å². The third-order valence-electron chi connectivity index (χ3n) is 3.84. The van der Waals surface area contributed by atoms with Crippen LogP contribution in [0.25, 0.3) is 4.96 Å². The molecule has 5 heteroatoms. The predicted octanol–water partition coefficient (Wildman–Crippen LogP) is 3.16. The van der Waals surface area contributed by atoms with Gasteiger partial charge in [0.25, 0.3) is 0 Å². The Balaban J connectivity index is 1.56. The van der Waals surface area contributed by atoms with Crippen LogP contribution in [0.4, 0.5) is 0 Å². The summed E-state index contributed by atoms with van der Waals surface area (Å²) < 4.78 is 2.58. The van der Waals surface area contributed by atoms with Crippen molar-refractivity contribution in [1.82, 2.24) is 14.7 Å². The SMILES string of the molecule is CSC1(CNCc2cn3ccsc3n2)CCCC1. The monoisotopic (exact) mass is 281 g/mol. The zero-order chi connectivity index (χ0) is 12.4. The van der Waals surface area contributed by atoms with Gasteiger partial charge in [-0.25, -0.2) is 4.98 Å². The van der Waals surface area contributed by atoms with E-state index in [1.807, 2.05) is 11.8 Å². The molecule has 1 saturated carbocycles. The van der Waals surface area contributed by atoms with Gasteiger partial charge in [-0.15, -0.1) is 11.3 Å². The molecule has 1 N–H and O–H groups in total. The van der Waals surface area contributed by atoms with Gasteiger partial charge in [-0.05, 0) is 19.1 Å². The fourth-order valence-electron chi connectivity index (χ4n) is 2.75. The molecular weight excluding hydrogens is 262 g/mol. The first-order chi connectivity index (χ1) is 8.81. The molecule has 18 heavy (non-hydrogen) atoms. The number of thioether (sulfide) groups is 1. The zero-order valence-corrected chi connectivity index (χ0v) is 12.3. The number of aromatic nitrogens is 2. The molecule has 0 saturated heterocycles. The molecule has 0 bridgehead atoms. The number of nitrogens with zero attached hydrogens (tertiary/aromatic N) is 2. The maximum absolute atomic E-state index is 4.60. The number of thiazole rings is 1. The molecule has 2 heterocycles. The quantitative estimate of drug-likeness (QED) is 0.913. The zero-order valence-electron chi connectivity index (χ0n) is 10.7. The van der Waals surface area contributed by atoms with Crippen LogP contribution < -0.4 is 5.32 Å². The van der Waals surface area contributed by atoms with E-state index in [0.717, 1.165) is 23.7 Å². The highest BCUT2D eigenvalue weighted by molar-refractivity contribution is 8.00.